The number of carbonyl (C=O) groups is 1. The van der Waals surface area contributed by atoms with Crippen molar-refractivity contribution in [3.63, 3.8) is 0 Å². The number of hydrogen-bond acceptors (Lipinski definition) is 4. The molecule has 1 saturated carbocycles. The number of rotatable bonds is 3. The molecule has 5 heteroatoms. The minimum Gasteiger partial charge on any atom is -0.481 e. The van der Waals surface area contributed by atoms with E-state index in [0.29, 0.717) is 6.04 Å². The van der Waals surface area contributed by atoms with Gasteiger partial charge in [0, 0.05) is 24.9 Å². The summed E-state index contributed by atoms with van der Waals surface area (Å²) in [6.45, 7) is 2.49. The standard InChI is InChI=1S/C15H25NO4/c17-14(18)11-13-3-1-2-8-16(13)12-4-6-15(7-5-12)19-9-10-20-15/h12-13H,1-11H2,(H,17,18). The van der Waals surface area contributed by atoms with Gasteiger partial charge in [0.25, 0.3) is 0 Å². The smallest absolute Gasteiger partial charge is 0.304 e. The van der Waals surface area contributed by atoms with Crippen LogP contribution in [0.1, 0.15) is 51.4 Å². The van der Waals surface area contributed by atoms with Crippen molar-refractivity contribution >= 4 is 5.97 Å². The molecule has 0 aromatic rings. The van der Waals surface area contributed by atoms with Crippen LogP contribution in [0.4, 0.5) is 0 Å². The Labute approximate surface area is 120 Å². The maximum atomic E-state index is 11.0. The van der Waals surface area contributed by atoms with Gasteiger partial charge in [-0.1, -0.05) is 6.42 Å². The molecule has 2 heterocycles. The Bertz CT molecular complexity index is 344. The van der Waals surface area contributed by atoms with Crippen LogP contribution in [0.2, 0.25) is 0 Å². The van der Waals surface area contributed by atoms with Gasteiger partial charge in [0.1, 0.15) is 0 Å². The Kier molecular flexibility index (Phi) is 4.29. The molecular weight excluding hydrogens is 258 g/mol. The Morgan fingerprint density at radius 3 is 2.50 bits per heavy atom. The number of carboxylic acids is 1. The van der Waals surface area contributed by atoms with Crippen molar-refractivity contribution in [2.75, 3.05) is 19.8 Å². The quantitative estimate of drug-likeness (QED) is 0.858. The fourth-order valence-corrected chi connectivity index (χ4v) is 4.08. The molecule has 2 saturated heterocycles. The van der Waals surface area contributed by atoms with Crippen LogP contribution in [0.5, 0.6) is 0 Å². The molecule has 3 aliphatic rings. The summed E-state index contributed by atoms with van der Waals surface area (Å²) in [4.78, 5) is 13.5. The van der Waals surface area contributed by atoms with Crippen LogP contribution >= 0.6 is 0 Å². The molecule has 1 N–H and O–H groups in total. The largest absolute Gasteiger partial charge is 0.481 e. The fraction of sp³-hybridized carbons (Fsp3) is 0.933. The number of carboxylic acid groups (broad SMARTS) is 1. The lowest BCUT2D eigenvalue weighted by Gasteiger charge is -2.45. The molecule has 0 amide bonds. The molecule has 1 unspecified atom stereocenters. The summed E-state index contributed by atoms with van der Waals surface area (Å²) in [5.41, 5.74) is 0. The van der Waals surface area contributed by atoms with Crippen LogP contribution < -0.4 is 0 Å². The van der Waals surface area contributed by atoms with Crippen LogP contribution in [0.15, 0.2) is 0 Å². The molecule has 1 aliphatic carbocycles. The molecule has 20 heavy (non-hydrogen) atoms. The third kappa shape index (κ3) is 3.00. The Balaban J connectivity index is 1.59. The Morgan fingerprint density at radius 2 is 1.85 bits per heavy atom. The van der Waals surface area contributed by atoms with E-state index in [-0.39, 0.29) is 18.2 Å². The van der Waals surface area contributed by atoms with E-state index in [1.54, 1.807) is 0 Å². The van der Waals surface area contributed by atoms with Crippen LogP contribution in [0.25, 0.3) is 0 Å². The highest BCUT2D eigenvalue weighted by Gasteiger charge is 2.42. The second kappa shape index (κ2) is 6.00. The van der Waals surface area contributed by atoms with Crippen LogP contribution in [-0.4, -0.2) is 53.6 Å². The summed E-state index contributed by atoms with van der Waals surface area (Å²) in [5, 5.41) is 9.08. The molecule has 2 aliphatic heterocycles. The predicted molar refractivity (Wildman–Crippen MR) is 73.5 cm³/mol. The average molecular weight is 283 g/mol. The van der Waals surface area contributed by atoms with Crippen LogP contribution in [-0.2, 0) is 14.3 Å². The maximum absolute atomic E-state index is 11.0. The minimum atomic E-state index is -0.670. The van der Waals surface area contributed by atoms with Crippen molar-refractivity contribution in [2.24, 2.45) is 0 Å². The number of aliphatic carboxylic acids is 1. The summed E-state index contributed by atoms with van der Waals surface area (Å²) in [5.74, 6) is -0.981. The van der Waals surface area contributed by atoms with E-state index < -0.39 is 5.97 Å². The zero-order valence-electron chi connectivity index (χ0n) is 12.1. The monoisotopic (exact) mass is 283 g/mol. The lowest BCUT2D eigenvalue weighted by atomic mass is 9.86. The second-order valence-electron chi connectivity index (χ2n) is 6.32. The van der Waals surface area contributed by atoms with Crippen molar-refractivity contribution in [2.45, 2.75) is 69.2 Å². The van der Waals surface area contributed by atoms with Crippen molar-refractivity contribution in [1.29, 1.82) is 0 Å². The number of likely N-dealkylation sites (tertiary alicyclic amines) is 1. The van der Waals surface area contributed by atoms with Gasteiger partial charge < -0.3 is 14.6 Å². The Morgan fingerprint density at radius 1 is 1.15 bits per heavy atom. The topological polar surface area (TPSA) is 59.0 Å². The predicted octanol–water partition coefficient (Wildman–Crippen LogP) is 2.00. The first-order chi connectivity index (χ1) is 9.69. The molecule has 5 nitrogen and oxygen atoms in total. The third-order valence-electron chi connectivity index (χ3n) is 5.08. The van der Waals surface area contributed by atoms with Crippen LogP contribution in [0.3, 0.4) is 0 Å². The summed E-state index contributed by atoms with van der Waals surface area (Å²) in [6, 6.07) is 0.740. The number of nitrogens with zero attached hydrogens (tertiary/aromatic N) is 1. The summed E-state index contributed by atoms with van der Waals surface area (Å²) in [6.07, 6.45) is 7.71. The van der Waals surface area contributed by atoms with Crippen LogP contribution in [0, 0.1) is 0 Å². The van der Waals surface area contributed by atoms with Gasteiger partial charge in [-0.15, -0.1) is 0 Å². The fourth-order valence-electron chi connectivity index (χ4n) is 4.08. The van der Waals surface area contributed by atoms with Gasteiger partial charge in [-0.2, -0.15) is 0 Å². The minimum absolute atomic E-state index is 0.228. The van der Waals surface area contributed by atoms with E-state index in [2.05, 4.69) is 4.90 Å². The molecule has 1 spiro atoms. The van der Waals surface area contributed by atoms with Gasteiger partial charge in [0.05, 0.1) is 19.6 Å². The normalized spacial score (nSPS) is 31.7. The average Bonchev–Trinajstić information content (AvgIpc) is 2.88. The lowest BCUT2D eigenvalue weighted by molar-refractivity contribution is -0.186. The SMILES string of the molecule is O=C(O)CC1CCCCN1C1CCC2(CC1)OCCO2. The summed E-state index contributed by atoms with van der Waals surface area (Å²) < 4.78 is 11.5. The van der Waals surface area contributed by atoms with Gasteiger partial charge in [-0.3, -0.25) is 9.69 Å². The molecule has 114 valence electrons. The highest BCUT2D eigenvalue weighted by atomic mass is 16.7. The summed E-state index contributed by atoms with van der Waals surface area (Å²) >= 11 is 0. The first-order valence-corrected chi connectivity index (χ1v) is 7.94. The first kappa shape index (κ1) is 14.3. The molecule has 0 aromatic heterocycles. The Hall–Kier alpha value is -0.650. The molecule has 3 rings (SSSR count). The molecular formula is C15H25NO4. The molecule has 0 aromatic carbocycles. The maximum Gasteiger partial charge on any atom is 0.304 e. The zero-order valence-corrected chi connectivity index (χ0v) is 12.1. The lowest BCUT2D eigenvalue weighted by Crippen LogP contribution is -2.50. The zero-order chi connectivity index (χ0) is 14.0. The van der Waals surface area contributed by atoms with Crippen molar-refractivity contribution < 1.29 is 19.4 Å². The van der Waals surface area contributed by atoms with Gasteiger partial charge in [-0.05, 0) is 32.2 Å². The van der Waals surface area contributed by atoms with E-state index in [9.17, 15) is 4.79 Å². The van der Waals surface area contributed by atoms with E-state index in [0.717, 1.165) is 58.3 Å². The third-order valence-corrected chi connectivity index (χ3v) is 5.08. The van der Waals surface area contributed by atoms with E-state index in [4.69, 9.17) is 14.6 Å². The first-order valence-electron chi connectivity index (χ1n) is 7.94. The highest BCUT2D eigenvalue weighted by Crippen LogP contribution is 2.39. The van der Waals surface area contributed by atoms with Gasteiger partial charge in [0.2, 0.25) is 0 Å². The highest BCUT2D eigenvalue weighted by molar-refractivity contribution is 5.67. The van der Waals surface area contributed by atoms with E-state index in [1.807, 2.05) is 0 Å². The number of hydrogen-bond donors (Lipinski definition) is 1. The van der Waals surface area contributed by atoms with E-state index >= 15 is 0 Å². The van der Waals surface area contributed by atoms with E-state index in [1.165, 1.54) is 6.42 Å². The van der Waals surface area contributed by atoms with Crippen molar-refractivity contribution in [3.8, 4) is 0 Å². The molecule has 0 radical (unpaired) electrons. The van der Waals surface area contributed by atoms with Gasteiger partial charge >= 0.3 is 5.97 Å². The molecule has 3 fully saturated rings. The van der Waals surface area contributed by atoms with Gasteiger partial charge in [0.15, 0.2) is 5.79 Å². The number of piperidine rings is 1. The van der Waals surface area contributed by atoms with Crippen molar-refractivity contribution in [3.05, 3.63) is 0 Å². The second-order valence-corrected chi connectivity index (χ2v) is 6.32. The number of ether oxygens (including phenoxy) is 2. The molecule has 1 atom stereocenters. The van der Waals surface area contributed by atoms with Crippen molar-refractivity contribution in [1.82, 2.24) is 4.90 Å². The summed E-state index contributed by atoms with van der Waals surface area (Å²) in [7, 11) is 0. The molecule has 0 bridgehead atoms. The van der Waals surface area contributed by atoms with Gasteiger partial charge in [-0.25, -0.2) is 0 Å².